The highest BCUT2D eigenvalue weighted by Gasteiger charge is 2.10. The third kappa shape index (κ3) is 3.06. The van der Waals surface area contributed by atoms with Crippen molar-refractivity contribution in [2.45, 2.75) is 19.5 Å². The number of nitrogens with zero attached hydrogens (tertiary/aromatic N) is 2. The predicted molar refractivity (Wildman–Crippen MR) is 81.2 cm³/mol. The molecular weight excluding hydrogens is 282 g/mol. The number of nitrogens with one attached hydrogen (secondary N) is 1. The molecule has 6 nitrogen and oxygen atoms in total. The van der Waals surface area contributed by atoms with E-state index >= 15 is 0 Å². The van der Waals surface area contributed by atoms with Crippen molar-refractivity contribution in [3.8, 4) is 0 Å². The first-order valence-corrected chi connectivity index (χ1v) is 6.98. The molecule has 1 aromatic carbocycles. The van der Waals surface area contributed by atoms with Gasteiger partial charge in [0.25, 0.3) is 0 Å². The average Bonchev–Trinajstić information content (AvgIpc) is 2.87. The Bertz CT molecular complexity index is 836. The van der Waals surface area contributed by atoms with Crippen molar-refractivity contribution in [1.29, 1.82) is 0 Å². The monoisotopic (exact) mass is 297 g/mol. The molecule has 1 N–H and O–H groups in total. The summed E-state index contributed by atoms with van der Waals surface area (Å²) in [6.45, 7) is 0.711. The molecule has 0 aliphatic carbocycles. The lowest BCUT2D eigenvalue weighted by Gasteiger charge is -2.05. The van der Waals surface area contributed by atoms with Crippen LogP contribution in [0.3, 0.4) is 0 Å². The van der Waals surface area contributed by atoms with Crippen molar-refractivity contribution in [2.24, 2.45) is 0 Å². The van der Waals surface area contributed by atoms with Gasteiger partial charge in [-0.1, -0.05) is 18.2 Å². The van der Waals surface area contributed by atoms with E-state index in [9.17, 15) is 9.59 Å². The molecule has 6 heteroatoms. The van der Waals surface area contributed by atoms with E-state index in [-0.39, 0.29) is 18.9 Å². The Morgan fingerprint density at radius 3 is 2.91 bits per heavy atom. The average molecular weight is 297 g/mol. The maximum atomic E-state index is 11.9. The third-order valence-electron chi connectivity index (χ3n) is 3.35. The highest BCUT2D eigenvalue weighted by Crippen LogP contribution is 2.11. The summed E-state index contributed by atoms with van der Waals surface area (Å²) in [4.78, 5) is 27.7. The molecule has 112 valence electrons. The number of carbonyl (C=O) groups excluding carboxylic acids is 1. The second kappa shape index (κ2) is 6.26. The molecule has 0 unspecified atom stereocenters. The van der Waals surface area contributed by atoms with Crippen molar-refractivity contribution < 1.29 is 9.21 Å². The quantitative estimate of drug-likeness (QED) is 0.777. The van der Waals surface area contributed by atoms with Gasteiger partial charge in [0.1, 0.15) is 0 Å². The van der Waals surface area contributed by atoms with Gasteiger partial charge in [-0.25, -0.2) is 4.79 Å². The molecule has 2 heterocycles. The fraction of sp³-hybridized carbons (Fsp3) is 0.188. The highest BCUT2D eigenvalue weighted by atomic mass is 16.4. The summed E-state index contributed by atoms with van der Waals surface area (Å²) >= 11 is 0. The summed E-state index contributed by atoms with van der Waals surface area (Å²) in [6.07, 6.45) is 3.60. The first kappa shape index (κ1) is 14.1. The zero-order chi connectivity index (χ0) is 15.4. The minimum atomic E-state index is -0.443. The van der Waals surface area contributed by atoms with E-state index in [1.165, 1.54) is 4.57 Å². The summed E-state index contributed by atoms with van der Waals surface area (Å²) in [5.41, 5.74) is 2.16. The zero-order valence-corrected chi connectivity index (χ0v) is 11.9. The number of hydrogen-bond donors (Lipinski definition) is 1. The number of aromatic nitrogens is 2. The molecular formula is C16H15N3O3. The van der Waals surface area contributed by atoms with Gasteiger partial charge in [-0.2, -0.15) is 0 Å². The van der Waals surface area contributed by atoms with Gasteiger partial charge in [-0.05, 0) is 23.8 Å². The summed E-state index contributed by atoms with van der Waals surface area (Å²) in [6, 6.07) is 10.9. The number of oxazole rings is 1. The van der Waals surface area contributed by atoms with Gasteiger partial charge >= 0.3 is 5.76 Å². The maximum absolute atomic E-state index is 11.9. The summed E-state index contributed by atoms with van der Waals surface area (Å²) in [7, 11) is 0. The topological polar surface area (TPSA) is 77.1 Å². The van der Waals surface area contributed by atoms with Crippen molar-refractivity contribution in [2.75, 3.05) is 0 Å². The second-order valence-corrected chi connectivity index (χ2v) is 4.88. The third-order valence-corrected chi connectivity index (χ3v) is 3.35. The highest BCUT2D eigenvalue weighted by molar-refractivity contribution is 5.76. The SMILES string of the molecule is O=C(CCn1c(=O)oc2ccccc21)NCc1cccnc1. The van der Waals surface area contributed by atoms with Crippen LogP contribution < -0.4 is 11.1 Å². The van der Waals surface area contributed by atoms with Crippen molar-refractivity contribution in [3.05, 3.63) is 64.9 Å². The van der Waals surface area contributed by atoms with E-state index in [1.54, 1.807) is 30.6 Å². The van der Waals surface area contributed by atoms with Crippen LogP contribution in [0.4, 0.5) is 0 Å². The molecule has 0 atom stereocenters. The van der Waals surface area contributed by atoms with Gasteiger partial charge in [-0.3, -0.25) is 14.3 Å². The molecule has 0 radical (unpaired) electrons. The van der Waals surface area contributed by atoms with Crippen LogP contribution in [0.1, 0.15) is 12.0 Å². The predicted octanol–water partition coefficient (Wildman–Crippen LogP) is 1.70. The van der Waals surface area contributed by atoms with Gasteiger partial charge in [0.15, 0.2) is 5.58 Å². The van der Waals surface area contributed by atoms with Crippen molar-refractivity contribution in [3.63, 3.8) is 0 Å². The normalized spacial score (nSPS) is 10.7. The van der Waals surface area contributed by atoms with Crippen LogP contribution in [0.25, 0.3) is 11.1 Å². The smallest absolute Gasteiger partial charge is 0.408 e. The zero-order valence-electron chi connectivity index (χ0n) is 11.9. The Balaban J connectivity index is 1.61. The van der Waals surface area contributed by atoms with Gasteiger partial charge in [0, 0.05) is 31.9 Å². The minimum absolute atomic E-state index is 0.124. The minimum Gasteiger partial charge on any atom is -0.408 e. The van der Waals surface area contributed by atoms with Crippen LogP contribution in [0.2, 0.25) is 0 Å². The van der Waals surface area contributed by atoms with Gasteiger partial charge in [0.2, 0.25) is 5.91 Å². The van der Waals surface area contributed by atoms with E-state index in [2.05, 4.69) is 10.3 Å². The van der Waals surface area contributed by atoms with Gasteiger partial charge in [-0.15, -0.1) is 0 Å². The molecule has 0 saturated carbocycles. The number of pyridine rings is 1. The van der Waals surface area contributed by atoms with Crippen LogP contribution in [0.15, 0.2) is 58.0 Å². The number of hydrogen-bond acceptors (Lipinski definition) is 4. The number of carbonyl (C=O) groups is 1. The fourth-order valence-corrected chi connectivity index (χ4v) is 2.23. The number of benzene rings is 1. The molecule has 22 heavy (non-hydrogen) atoms. The van der Waals surface area contributed by atoms with Crippen LogP contribution in [0.5, 0.6) is 0 Å². The molecule has 0 spiro atoms. The van der Waals surface area contributed by atoms with Gasteiger partial charge < -0.3 is 9.73 Å². The van der Waals surface area contributed by atoms with Crippen molar-refractivity contribution >= 4 is 17.0 Å². The van der Waals surface area contributed by atoms with Crippen LogP contribution in [-0.4, -0.2) is 15.5 Å². The van der Waals surface area contributed by atoms with Gasteiger partial charge in [0.05, 0.1) is 5.52 Å². The lowest BCUT2D eigenvalue weighted by molar-refractivity contribution is -0.121. The summed E-state index contributed by atoms with van der Waals surface area (Å²) in [5, 5.41) is 2.80. The molecule has 3 aromatic rings. The Morgan fingerprint density at radius 1 is 1.23 bits per heavy atom. The first-order chi connectivity index (χ1) is 10.7. The largest absolute Gasteiger partial charge is 0.419 e. The number of rotatable bonds is 5. The number of para-hydroxylation sites is 2. The van der Waals surface area contributed by atoms with E-state index in [1.807, 2.05) is 18.2 Å². The lowest BCUT2D eigenvalue weighted by atomic mass is 10.3. The maximum Gasteiger partial charge on any atom is 0.419 e. The Labute approximate surface area is 126 Å². The molecule has 3 rings (SSSR count). The van der Waals surface area contributed by atoms with E-state index in [0.717, 1.165) is 5.56 Å². The standard InChI is InChI=1S/C16H15N3O3/c20-15(18-11-12-4-3-8-17-10-12)7-9-19-13-5-1-2-6-14(13)22-16(19)21/h1-6,8,10H,7,9,11H2,(H,18,20). The van der Waals surface area contributed by atoms with E-state index in [4.69, 9.17) is 4.42 Å². The van der Waals surface area contributed by atoms with Crippen molar-refractivity contribution in [1.82, 2.24) is 14.9 Å². The molecule has 0 aliphatic rings. The molecule has 0 aliphatic heterocycles. The van der Waals surface area contributed by atoms with Crippen LogP contribution in [0, 0.1) is 0 Å². The molecule has 0 bridgehead atoms. The molecule has 1 amide bonds. The lowest BCUT2D eigenvalue weighted by Crippen LogP contribution is -2.25. The molecule has 2 aromatic heterocycles. The van der Waals surface area contributed by atoms with E-state index in [0.29, 0.717) is 17.6 Å². The fourth-order valence-electron chi connectivity index (χ4n) is 2.23. The Morgan fingerprint density at radius 2 is 2.09 bits per heavy atom. The van der Waals surface area contributed by atoms with Crippen LogP contribution in [-0.2, 0) is 17.9 Å². The number of fused-ring (bicyclic) bond motifs is 1. The first-order valence-electron chi connectivity index (χ1n) is 6.98. The second-order valence-electron chi connectivity index (χ2n) is 4.88. The molecule has 0 fully saturated rings. The Kier molecular flexibility index (Phi) is 4.00. The van der Waals surface area contributed by atoms with E-state index < -0.39 is 5.76 Å². The number of amides is 1. The van der Waals surface area contributed by atoms with Crippen LogP contribution >= 0.6 is 0 Å². The summed E-state index contributed by atoms with van der Waals surface area (Å²) < 4.78 is 6.60. The molecule has 0 saturated heterocycles. The Hall–Kier alpha value is -2.89. The summed E-state index contributed by atoms with van der Waals surface area (Å²) in [5.74, 6) is -0.567. The number of aryl methyl sites for hydroxylation is 1.